The number of hydrogen-bond donors (Lipinski definition) is 1. The number of amides is 1. The molecule has 0 saturated heterocycles. The molecule has 1 unspecified atom stereocenters. The first-order chi connectivity index (χ1) is 9.58. The lowest BCUT2D eigenvalue weighted by atomic mass is 10.3. The summed E-state index contributed by atoms with van der Waals surface area (Å²) in [5, 5.41) is 2.89. The van der Waals surface area contributed by atoms with Crippen LogP contribution >= 0.6 is 0 Å². The summed E-state index contributed by atoms with van der Waals surface area (Å²) >= 11 is 0. The normalized spacial score (nSPS) is 11.9. The van der Waals surface area contributed by atoms with Crippen LogP contribution in [0.3, 0.4) is 0 Å². The van der Waals surface area contributed by atoms with Crippen molar-refractivity contribution in [3.05, 3.63) is 53.9 Å². The van der Waals surface area contributed by atoms with Crippen molar-refractivity contribution in [2.24, 2.45) is 7.05 Å². The van der Waals surface area contributed by atoms with Crippen LogP contribution in [0.25, 0.3) is 0 Å². The highest BCUT2D eigenvalue weighted by Crippen LogP contribution is 2.11. The van der Waals surface area contributed by atoms with E-state index >= 15 is 0 Å². The lowest BCUT2D eigenvalue weighted by Crippen LogP contribution is -2.36. The molecular formula is C16H20N2O2. The standard InChI is InChI=1S/C16H20N2O2/c1-12-9-10-14(18(12)3)11-17-16(19)13(2)20-15-7-5-4-6-8-15/h4-10,13H,11H2,1-3H3,(H,17,19). The average molecular weight is 272 g/mol. The lowest BCUT2D eigenvalue weighted by Gasteiger charge is -2.15. The Kier molecular flexibility index (Phi) is 4.45. The number of nitrogens with one attached hydrogen (secondary N) is 1. The third-order valence-electron chi connectivity index (χ3n) is 3.35. The Bertz CT molecular complexity index is 575. The van der Waals surface area contributed by atoms with Crippen molar-refractivity contribution in [3.8, 4) is 5.75 Å². The Morgan fingerprint density at radius 1 is 1.25 bits per heavy atom. The van der Waals surface area contributed by atoms with Gasteiger partial charge in [0.25, 0.3) is 5.91 Å². The van der Waals surface area contributed by atoms with Gasteiger partial charge in [-0.05, 0) is 38.1 Å². The number of carbonyl (C=O) groups is 1. The van der Waals surface area contributed by atoms with Crippen LogP contribution in [0.1, 0.15) is 18.3 Å². The van der Waals surface area contributed by atoms with E-state index in [1.165, 1.54) is 5.69 Å². The van der Waals surface area contributed by atoms with Gasteiger partial charge in [-0.15, -0.1) is 0 Å². The van der Waals surface area contributed by atoms with Crippen LogP contribution in [0.2, 0.25) is 0 Å². The second-order valence-corrected chi connectivity index (χ2v) is 4.82. The summed E-state index contributed by atoms with van der Waals surface area (Å²) < 4.78 is 7.64. The van der Waals surface area contributed by atoms with Crippen LogP contribution < -0.4 is 10.1 Å². The number of para-hydroxylation sites is 1. The van der Waals surface area contributed by atoms with Gasteiger partial charge in [0.05, 0.1) is 6.54 Å². The van der Waals surface area contributed by atoms with E-state index < -0.39 is 6.10 Å². The minimum atomic E-state index is -0.515. The van der Waals surface area contributed by atoms with Crippen molar-refractivity contribution in [1.29, 1.82) is 0 Å². The third-order valence-corrected chi connectivity index (χ3v) is 3.35. The van der Waals surface area contributed by atoms with Crippen molar-refractivity contribution in [2.45, 2.75) is 26.5 Å². The molecular weight excluding hydrogens is 252 g/mol. The van der Waals surface area contributed by atoms with E-state index in [-0.39, 0.29) is 5.91 Å². The SMILES string of the molecule is Cc1ccc(CNC(=O)C(C)Oc2ccccc2)n1C. The molecule has 2 aromatic rings. The number of benzene rings is 1. The quantitative estimate of drug-likeness (QED) is 0.908. The van der Waals surface area contributed by atoms with E-state index in [1.807, 2.05) is 56.4 Å². The third kappa shape index (κ3) is 3.41. The first kappa shape index (κ1) is 14.2. The van der Waals surface area contributed by atoms with Gasteiger partial charge in [-0.2, -0.15) is 0 Å². The van der Waals surface area contributed by atoms with Crippen molar-refractivity contribution in [1.82, 2.24) is 9.88 Å². The molecule has 0 fully saturated rings. The molecule has 0 radical (unpaired) electrons. The Hall–Kier alpha value is -2.23. The topological polar surface area (TPSA) is 43.3 Å². The van der Waals surface area contributed by atoms with E-state index in [2.05, 4.69) is 9.88 Å². The van der Waals surface area contributed by atoms with E-state index in [4.69, 9.17) is 4.74 Å². The molecule has 0 aliphatic carbocycles. The Labute approximate surface area is 119 Å². The number of aromatic nitrogens is 1. The molecule has 0 aliphatic rings. The molecule has 2 rings (SSSR count). The fraction of sp³-hybridized carbons (Fsp3) is 0.312. The van der Waals surface area contributed by atoms with E-state index in [1.54, 1.807) is 6.92 Å². The molecule has 0 saturated carbocycles. The Morgan fingerprint density at radius 3 is 2.55 bits per heavy atom. The van der Waals surface area contributed by atoms with Gasteiger partial charge < -0.3 is 14.6 Å². The van der Waals surface area contributed by atoms with Crippen molar-refractivity contribution < 1.29 is 9.53 Å². The van der Waals surface area contributed by atoms with Gasteiger partial charge in [-0.25, -0.2) is 0 Å². The molecule has 106 valence electrons. The lowest BCUT2D eigenvalue weighted by molar-refractivity contribution is -0.127. The highest BCUT2D eigenvalue weighted by molar-refractivity contribution is 5.80. The van der Waals surface area contributed by atoms with Gasteiger partial charge in [-0.1, -0.05) is 18.2 Å². The van der Waals surface area contributed by atoms with Gasteiger partial charge in [0, 0.05) is 18.4 Å². The molecule has 1 amide bonds. The van der Waals surface area contributed by atoms with E-state index in [0.29, 0.717) is 12.3 Å². The van der Waals surface area contributed by atoms with Crippen molar-refractivity contribution >= 4 is 5.91 Å². The number of nitrogens with zero attached hydrogens (tertiary/aromatic N) is 1. The summed E-state index contributed by atoms with van der Waals surface area (Å²) in [6.45, 7) is 4.29. The highest BCUT2D eigenvalue weighted by atomic mass is 16.5. The Morgan fingerprint density at radius 2 is 1.95 bits per heavy atom. The molecule has 1 heterocycles. The van der Waals surface area contributed by atoms with Gasteiger partial charge in [0.1, 0.15) is 5.75 Å². The van der Waals surface area contributed by atoms with Crippen LogP contribution in [0.5, 0.6) is 5.75 Å². The molecule has 1 N–H and O–H groups in total. The predicted octanol–water partition coefficient (Wildman–Crippen LogP) is 2.42. The molecule has 0 aliphatic heterocycles. The van der Waals surface area contributed by atoms with Gasteiger partial charge in [0.2, 0.25) is 0 Å². The first-order valence-electron chi connectivity index (χ1n) is 6.68. The summed E-state index contributed by atoms with van der Waals surface area (Å²) in [4.78, 5) is 12.0. The maximum absolute atomic E-state index is 12.0. The average Bonchev–Trinajstić information content (AvgIpc) is 2.77. The monoisotopic (exact) mass is 272 g/mol. The summed E-state index contributed by atoms with van der Waals surface area (Å²) in [5.74, 6) is 0.581. The van der Waals surface area contributed by atoms with E-state index in [0.717, 1.165) is 5.69 Å². The van der Waals surface area contributed by atoms with Gasteiger partial charge in [-0.3, -0.25) is 4.79 Å². The second kappa shape index (κ2) is 6.28. The summed E-state index contributed by atoms with van der Waals surface area (Å²) in [6.07, 6.45) is -0.515. The molecule has 0 spiro atoms. The summed E-state index contributed by atoms with van der Waals surface area (Å²) in [7, 11) is 1.99. The largest absolute Gasteiger partial charge is 0.481 e. The maximum atomic E-state index is 12.0. The zero-order chi connectivity index (χ0) is 14.5. The van der Waals surface area contributed by atoms with E-state index in [9.17, 15) is 4.79 Å². The first-order valence-corrected chi connectivity index (χ1v) is 6.68. The maximum Gasteiger partial charge on any atom is 0.261 e. The number of rotatable bonds is 5. The molecule has 20 heavy (non-hydrogen) atoms. The molecule has 0 bridgehead atoms. The fourth-order valence-corrected chi connectivity index (χ4v) is 1.92. The minimum absolute atomic E-state index is 0.118. The highest BCUT2D eigenvalue weighted by Gasteiger charge is 2.14. The van der Waals surface area contributed by atoms with Crippen LogP contribution in [0, 0.1) is 6.92 Å². The smallest absolute Gasteiger partial charge is 0.261 e. The number of ether oxygens (including phenoxy) is 1. The van der Waals surface area contributed by atoms with Crippen molar-refractivity contribution in [3.63, 3.8) is 0 Å². The molecule has 4 heteroatoms. The Balaban J connectivity index is 1.87. The van der Waals surface area contributed by atoms with Gasteiger partial charge >= 0.3 is 0 Å². The number of hydrogen-bond acceptors (Lipinski definition) is 2. The van der Waals surface area contributed by atoms with Crippen LogP contribution in [-0.2, 0) is 18.4 Å². The summed E-state index contributed by atoms with van der Waals surface area (Å²) in [6, 6.07) is 13.4. The van der Waals surface area contributed by atoms with Crippen LogP contribution in [0.4, 0.5) is 0 Å². The molecule has 1 aromatic heterocycles. The van der Waals surface area contributed by atoms with Gasteiger partial charge in [0.15, 0.2) is 6.10 Å². The number of carbonyl (C=O) groups excluding carboxylic acids is 1. The van der Waals surface area contributed by atoms with Crippen molar-refractivity contribution in [2.75, 3.05) is 0 Å². The van der Waals surface area contributed by atoms with Crippen LogP contribution in [-0.4, -0.2) is 16.6 Å². The number of aryl methyl sites for hydroxylation is 1. The van der Waals surface area contributed by atoms with Crippen LogP contribution in [0.15, 0.2) is 42.5 Å². The fourth-order valence-electron chi connectivity index (χ4n) is 1.92. The zero-order valence-corrected chi connectivity index (χ0v) is 12.1. The predicted molar refractivity (Wildman–Crippen MR) is 78.5 cm³/mol. The zero-order valence-electron chi connectivity index (χ0n) is 12.1. The molecule has 1 atom stereocenters. The summed E-state index contributed by atoms with van der Waals surface area (Å²) in [5.41, 5.74) is 2.24. The second-order valence-electron chi connectivity index (χ2n) is 4.82. The molecule has 4 nitrogen and oxygen atoms in total. The molecule has 1 aromatic carbocycles. The minimum Gasteiger partial charge on any atom is -0.481 e.